The van der Waals surface area contributed by atoms with Gasteiger partial charge in [0, 0.05) is 50.2 Å². The molecule has 41 heavy (non-hydrogen) atoms. The van der Waals surface area contributed by atoms with Crippen LogP contribution in [0.15, 0.2) is 52.2 Å². The fourth-order valence-corrected chi connectivity index (χ4v) is 6.13. The highest BCUT2D eigenvalue weighted by atomic mass is 16.6. The van der Waals surface area contributed by atoms with E-state index in [0.29, 0.717) is 24.9 Å². The first-order valence-corrected chi connectivity index (χ1v) is 16.2. The molecule has 0 aromatic heterocycles. The highest BCUT2D eigenvalue weighted by molar-refractivity contribution is 6.03. The van der Waals surface area contributed by atoms with Gasteiger partial charge in [0.2, 0.25) is 0 Å². The monoisotopic (exact) mass is 567 g/mol. The van der Waals surface area contributed by atoms with E-state index in [2.05, 4.69) is 58.8 Å². The van der Waals surface area contributed by atoms with Crippen molar-refractivity contribution in [1.82, 2.24) is 9.80 Å². The summed E-state index contributed by atoms with van der Waals surface area (Å²) in [6.07, 6.45) is 13.0. The fourth-order valence-electron chi connectivity index (χ4n) is 6.13. The average molecular weight is 568 g/mol. The van der Waals surface area contributed by atoms with Gasteiger partial charge in [-0.05, 0) is 96.5 Å². The highest BCUT2D eigenvalue weighted by Gasteiger charge is 2.27. The van der Waals surface area contributed by atoms with Gasteiger partial charge in [-0.25, -0.2) is 4.79 Å². The maximum atomic E-state index is 13.0. The number of hydrogen-bond acceptors (Lipinski definition) is 4. The zero-order valence-electron chi connectivity index (χ0n) is 28.1. The Labute approximate surface area is 252 Å². The molecule has 1 atom stereocenters. The Bertz CT molecular complexity index is 983. The van der Waals surface area contributed by atoms with Crippen LogP contribution in [0.2, 0.25) is 0 Å². The van der Waals surface area contributed by atoms with E-state index in [9.17, 15) is 4.79 Å². The molecule has 232 valence electrons. The third-order valence-electron chi connectivity index (χ3n) is 8.43. The number of ether oxygens (including phenoxy) is 1. The molecule has 5 heteroatoms. The van der Waals surface area contributed by atoms with E-state index in [1.807, 2.05) is 32.7 Å². The molecule has 1 saturated heterocycles. The van der Waals surface area contributed by atoms with Gasteiger partial charge >= 0.3 is 6.09 Å². The number of carbonyl (C=O) groups excluding carboxylic acids is 1. The number of carbonyl (C=O) groups is 1. The van der Waals surface area contributed by atoms with E-state index in [1.165, 1.54) is 61.8 Å². The lowest BCUT2D eigenvalue weighted by Gasteiger charge is -2.31. The molecule has 0 aromatic rings. The number of nitrogens with zero attached hydrogens (tertiary/aromatic N) is 3. The molecule has 2 fully saturated rings. The third kappa shape index (κ3) is 11.5. The standard InChI is InChI=1S/C36H61N3O2/c1-26(2)25-39(35(40)41-36(8,9)10)22-19-28(5)23-32(27(3)4)34(30(7)37-11)33(38-20-15-16-21-38)24-29(6)31-17-13-12-14-18-31/h24,26,29,31H,3,5,12-23,25H2,1-2,4,6-11H3/b33-24+,34-32+,37-30-. The molecule has 1 aliphatic carbocycles. The Morgan fingerprint density at radius 3 is 2.17 bits per heavy atom. The van der Waals surface area contributed by atoms with Gasteiger partial charge in [-0.3, -0.25) is 4.99 Å². The van der Waals surface area contributed by atoms with Crippen LogP contribution in [0.25, 0.3) is 0 Å². The Morgan fingerprint density at radius 2 is 1.66 bits per heavy atom. The summed E-state index contributed by atoms with van der Waals surface area (Å²) in [5.41, 5.74) is 6.49. The number of rotatable bonds is 13. The van der Waals surface area contributed by atoms with Gasteiger partial charge in [0.1, 0.15) is 5.60 Å². The van der Waals surface area contributed by atoms with Gasteiger partial charge in [0.05, 0.1) is 0 Å². The predicted molar refractivity (Wildman–Crippen MR) is 177 cm³/mol. The van der Waals surface area contributed by atoms with E-state index in [4.69, 9.17) is 9.73 Å². The quantitative estimate of drug-likeness (QED) is 0.126. The zero-order valence-corrected chi connectivity index (χ0v) is 28.1. The van der Waals surface area contributed by atoms with Crippen LogP contribution < -0.4 is 0 Å². The van der Waals surface area contributed by atoms with Crippen LogP contribution in [0, 0.1) is 17.8 Å². The Balaban J connectivity index is 2.40. The van der Waals surface area contributed by atoms with E-state index >= 15 is 0 Å². The van der Waals surface area contributed by atoms with Crippen molar-refractivity contribution in [2.24, 2.45) is 22.7 Å². The second-order valence-corrected chi connectivity index (χ2v) is 13.9. The Hall–Kier alpha value is -2.30. The Kier molecular flexibility index (Phi) is 13.9. The van der Waals surface area contributed by atoms with E-state index in [0.717, 1.165) is 48.7 Å². The minimum atomic E-state index is -0.516. The van der Waals surface area contributed by atoms with Crippen molar-refractivity contribution in [3.8, 4) is 0 Å². The molecule has 1 aliphatic heterocycles. The van der Waals surface area contributed by atoms with Crippen LogP contribution in [-0.4, -0.2) is 60.4 Å². The predicted octanol–water partition coefficient (Wildman–Crippen LogP) is 9.38. The lowest BCUT2D eigenvalue weighted by molar-refractivity contribution is 0.0230. The molecule has 1 heterocycles. The average Bonchev–Trinajstić information content (AvgIpc) is 3.43. The van der Waals surface area contributed by atoms with Crippen molar-refractivity contribution < 1.29 is 9.53 Å². The van der Waals surface area contributed by atoms with Crippen LogP contribution in [0.3, 0.4) is 0 Å². The molecule has 1 amide bonds. The number of amides is 1. The molecular weight excluding hydrogens is 506 g/mol. The normalized spacial score (nSPS) is 18.8. The zero-order chi connectivity index (χ0) is 30.7. The van der Waals surface area contributed by atoms with Crippen molar-refractivity contribution in [1.29, 1.82) is 0 Å². The summed E-state index contributed by atoms with van der Waals surface area (Å²) < 4.78 is 5.72. The Morgan fingerprint density at radius 1 is 1.05 bits per heavy atom. The summed E-state index contributed by atoms with van der Waals surface area (Å²) in [6.45, 7) is 29.1. The van der Waals surface area contributed by atoms with Gasteiger partial charge < -0.3 is 14.5 Å². The second-order valence-electron chi connectivity index (χ2n) is 13.9. The van der Waals surface area contributed by atoms with Gasteiger partial charge in [-0.1, -0.05) is 70.4 Å². The summed E-state index contributed by atoms with van der Waals surface area (Å²) in [7, 11) is 1.90. The number of aliphatic imine (C=N–C) groups is 1. The summed E-state index contributed by atoms with van der Waals surface area (Å²) in [4.78, 5) is 22.1. The maximum absolute atomic E-state index is 13.0. The van der Waals surface area contributed by atoms with Gasteiger partial charge in [-0.2, -0.15) is 0 Å². The van der Waals surface area contributed by atoms with Crippen molar-refractivity contribution >= 4 is 11.8 Å². The largest absolute Gasteiger partial charge is 0.444 e. The SMILES string of the molecule is C=C(CCN(CC(C)C)C(=O)OC(C)(C)C)C/C(C(=C)C)=C(C(/C)=N\C)\C(=C/C(C)C1CCCCC1)N1CCCC1. The first-order valence-electron chi connectivity index (χ1n) is 16.2. The molecule has 0 bridgehead atoms. The number of hydrogen-bond donors (Lipinski definition) is 0. The minimum Gasteiger partial charge on any atom is -0.444 e. The van der Waals surface area contributed by atoms with E-state index < -0.39 is 5.60 Å². The van der Waals surface area contributed by atoms with Gasteiger partial charge in [0.15, 0.2) is 0 Å². The highest BCUT2D eigenvalue weighted by Crippen LogP contribution is 2.36. The summed E-state index contributed by atoms with van der Waals surface area (Å²) in [5, 5.41) is 0. The van der Waals surface area contributed by atoms with Crippen molar-refractivity contribution in [3.63, 3.8) is 0 Å². The van der Waals surface area contributed by atoms with Gasteiger partial charge in [-0.15, -0.1) is 0 Å². The summed E-state index contributed by atoms with van der Waals surface area (Å²) in [6, 6.07) is 0. The molecule has 2 aliphatic rings. The van der Waals surface area contributed by atoms with E-state index in [1.54, 1.807) is 0 Å². The maximum Gasteiger partial charge on any atom is 0.410 e. The lowest BCUT2D eigenvalue weighted by Crippen LogP contribution is -2.39. The lowest BCUT2D eigenvalue weighted by atomic mass is 9.79. The van der Waals surface area contributed by atoms with Crippen LogP contribution in [0.1, 0.15) is 113 Å². The summed E-state index contributed by atoms with van der Waals surface area (Å²) >= 11 is 0. The van der Waals surface area contributed by atoms with Crippen molar-refractivity contribution in [2.45, 2.75) is 119 Å². The van der Waals surface area contributed by atoms with E-state index in [-0.39, 0.29) is 6.09 Å². The third-order valence-corrected chi connectivity index (χ3v) is 8.43. The molecule has 2 rings (SSSR count). The fraction of sp³-hybridized carbons (Fsp3) is 0.722. The second kappa shape index (κ2) is 16.4. The van der Waals surface area contributed by atoms with Crippen LogP contribution >= 0.6 is 0 Å². The number of likely N-dealkylation sites (tertiary alicyclic amines) is 1. The molecule has 1 unspecified atom stereocenters. The first-order chi connectivity index (χ1) is 19.2. The molecule has 1 saturated carbocycles. The molecular formula is C36H61N3O2. The first kappa shape index (κ1) is 34.9. The molecule has 0 aromatic carbocycles. The minimum absolute atomic E-state index is 0.250. The molecule has 0 spiro atoms. The molecule has 0 N–H and O–H groups in total. The molecule has 5 nitrogen and oxygen atoms in total. The van der Waals surface area contributed by atoms with Crippen LogP contribution in [-0.2, 0) is 4.74 Å². The van der Waals surface area contributed by atoms with Crippen molar-refractivity contribution in [2.75, 3.05) is 33.2 Å². The number of allylic oxidation sites excluding steroid dienone is 4. The topological polar surface area (TPSA) is 45.1 Å². The van der Waals surface area contributed by atoms with Crippen molar-refractivity contribution in [3.05, 3.63) is 47.2 Å². The smallest absolute Gasteiger partial charge is 0.410 e. The van der Waals surface area contributed by atoms with Crippen LogP contribution in [0.5, 0.6) is 0 Å². The van der Waals surface area contributed by atoms with Crippen LogP contribution in [0.4, 0.5) is 4.79 Å². The van der Waals surface area contributed by atoms with Gasteiger partial charge in [0.25, 0.3) is 0 Å². The summed E-state index contributed by atoms with van der Waals surface area (Å²) in [5.74, 6) is 1.64. The molecule has 0 radical (unpaired) electrons.